The predicted molar refractivity (Wildman–Crippen MR) is 119 cm³/mol. The third-order valence-electron chi connectivity index (χ3n) is 4.41. The van der Waals surface area contributed by atoms with Crippen molar-refractivity contribution in [2.24, 2.45) is 0 Å². The van der Waals surface area contributed by atoms with E-state index in [1.165, 1.54) is 31.3 Å². The van der Waals surface area contributed by atoms with Crippen LogP contribution in [0.25, 0.3) is 16.9 Å². The van der Waals surface area contributed by atoms with E-state index in [2.05, 4.69) is 9.71 Å². The Morgan fingerprint density at radius 2 is 2.00 bits per heavy atom. The van der Waals surface area contributed by atoms with E-state index in [9.17, 15) is 18.6 Å². The number of rotatable bonds is 8. The van der Waals surface area contributed by atoms with Crippen LogP contribution in [0.1, 0.15) is 38.3 Å². The molecule has 1 aromatic heterocycles. The van der Waals surface area contributed by atoms with Crippen LogP contribution in [0.15, 0.2) is 41.4 Å². The molecule has 2 aromatic rings. The molecule has 0 spiro atoms. The topological polar surface area (TPSA) is 149 Å². The molecule has 9 heteroatoms. The van der Waals surface area contributed by atoms with Gasteiger partial charge in [-0.3, -0.25) is 0 Å². The Hall–Kier alpha value is -2.75. The van der Waals surface area contributed by atoms with Gasteiger partial charge < -0.3 is 21.4 Å². The molecule has 0 amide bonds. The molecule has 162 valence electrons. The summed E-state index contributed by atoms with van der Waals surface area (Å²) in [6, 6.07) is 6.33. The van der Waals surface area contributed by atoms with E-state index in [4.69, 9.17) is 11.1 Å². The fourth-order valence-corrected chi connectivity index (χ4v) is 3.82. The minimum atomic E-state index is -3.78. The fraction of sp³-hybridized carbons (Fsp3) is 0.333. The van der Waals surface area contributed by atoms with Crippen molar-refractivity contribution in [3.05, 3.63) is 47.7 Å². The summed E-state index contributed by atoms with van der Waals surface area (Å²) >= 11 is 0. The van der Waals surface area contributed by atoms with Crippen molar-refractivity contribution in [2.45, 2.75) is 44.6 Å². The number of aliphatic hydroxyl groups excluding tert-OH is 1. The van der Waals surface area contributed by atoms with Crippen LogP contribution in [0.3, 0.4) is 0 Å². The highest BCUT2D eigenvalue weighted by Crippen LogP contribution is 2.29. The number of aliphatic hydroxyl groups is 2. The molecule has 2 rings (SSSR count). The number of hydrogen-bond donors (Lipinski definition) is 5. The van der Waals surface area contributed by atoms with Crippen LogP contribution in [0.5, 0.6) is 0 Å². The monoisotopic (exact) mass is 432 g/mol. The number of nitrogens with one attached hydrogen (secondary N) is 2. The summed E-state index contributed by atoms with van der Waals surface area (Å²) in [4.78, 5) is 4.18. The Morgan fingerprint density at radius 1 is 1.33 bits per heavy atom. The lowest BCUT2D eigenvalue weighted by molar-refractivity contribution is 0.0728. The molecule has 30 heavy (non-hydrogen) atoms. The van der Waals surface area contributed by atoms with Gasteiger partial charge in [-0.25, -0.2) is 18.1 Å². The van der Waals surface area contributed by atoms with E-state index >= 15 is 0 Å². The van der Waals surface area contributed by atoms with E-state index in [0.29, 0.717) is 11.1 Å². The number of anilines is 1. The third-order valence-corrected chi connectivity index (χ3v) is 5.87. The first kappa shape index (κ1) is 23.5. The van der Waals surface area contributed by atoms with Crippen LogP contribution < -0.4 is 10.5 Å². The number of allylic oxidation sites excluding steroid dienone is 1. The van der Waals surface area contributed by atoms with Crippen LogP contribution in [-0.4, -0.2) is 41.5 Å². The fourth-order valence-electron chi connectivity index (χ4n) is 2.76. The lowest BCUT2D eigenvalue weighted by atomic mass is 10.00. The van der Waals surface area contributed by atoms with Gasteiger partial charge in [0.1, 0.15) is 11.6 Å². The predicted octanol–water partition coefficient (Wildman–Crippen LogP) is 3.02. The molecule has 1 aromatic carbocycles. The van der Waals surface area contributed by atoms with Gasteiger partial charge >= 0.3 is 0 Å². The van der Waals surface area contributed by atoms with Gasteiger partial charge in [0.2, 0.25) is 10.0 Å². The number of nitrogen functional groups attached to an aromatic ring is 1. The lowest BCUT2D eigenvalue weighted by Gasteiger charge is -2.17. The summed E-state index contributed by atoms with van der Waals surface area (Å²) < 4.78 is 27.8. The summed E-state index contributed by atoms with van der Waals surface area (Å²) in [7, 11) is -3.78. The molecular weight excluding hydrogens is 404 g/mol. The van der Waals surface area contributed by atoms with E-state index in [-0.39, 0.29) is 40.7 Å². The zero-order valence-corrected chi connectivity index (χ0v) is 18.3. The van der Waals surface area contributed by atoms with Gasteiger partial charge in [-0.15, -0.1) is 0 Å². The maximum Gasteiger partial charge on any atom is 0.240 e. The summed E-state index contributed by atoms with van der Waals surface area (Å²) in [5, 5.41) is 27.5. The van der Waals surface area contributed by atoms with E-state index in [0.717, 1.165) is 5.56 Å². The molecule has 0 saturated heterocycles. The largest absolute Gasteiger partial charge is 0.507 e. The number of pyridine rings is 1. The highest BCUT2D eigenvalue weighted by molar-refractivity contribution is 7.89. The zero-order chi connectivity index (χ0) is 22.7. The number of sulfonamides is 1. The second kappa shape index (κ2) is 8.95. The van der Waals surface area contributed by atoms with Crippen molar-refractivity contribution in [3.8, 4) is 11.1 Å². The molecule has 6 N–H and O–H groups in total. The summed E-state index contributed by atoms with van der Waals surface area (Å²) in [5.74, 6) is -0.0903. The zero-order valence-electron chi connectivity index (χ0n) is 17.5. The maximum atomic E-state index is 12.7. The minimum Gasteiger partial charge on any atom is -0.507 e. The molecule has 0 unspecified atom stereocenters. The lowest BCUT2D eigenvalue weighted by Crippen LogP contribution is -2.30. The molecule has 0 bridgehead atoms. The molecule has 0 fully saturated rings. The minimum absolute atomic E-state index is 0.0762. The van der Waals surface area contributed by atoms with Gasteiger partial charge in [0.05, 0.1) is 16.1 Å². The van der Waals surface area contributed by atoms with Crippen molar-refractivity contribution >= 4 is 27.3 Å². The van der Waals surface area contributed by atoms with Crippen molar-refractivity contribution < 1.29 is 18.6 Å². The van der Waals surface area contributed by atoms with E-state index in [1.54, 1.807) is 26.0 Å². The van der Waals surface area contributed by atoms with Gasteiger partial charge in [-0.05, 0) is 63.4 Å². The van der Waals surface area contributed by atoms with Crippen LogP contribution in [0.4, 0.5) is 5.82 Å². The van der Waals surface area contributed by atoms with Gasteiger partial charge in [0, 0.05) is 30.1 Å². The highest BCUT2D eigenvalue weighted by atomic mass is 32.2. The number of hydrogen-bond acceptors (Lipinski definition) is 7. The highest BCUT2D eigenvalue weighted by Gasteiger charge is 2.19. The normalized spacial score (nSPS) is 12.8. The van der Waals surface area contributed by atoms with Gasteiger partial charge in [0.15, 0.2) is 0 Å². The Labute approximate surface area is 177 Å². The first-order valence-electron chi connectivity index (χ1n) is 9.35. The summed E-state index contributed by atoms with van der Waals surface area (Å²) in [6.45, 7) is 6.68. The Morgan fingerprint density at radius 3 is 2.60 bits per heavy atom. The van der Waals surface area contributed by atoms with Crippen molar-refractivity contribution in [1.29, 1.82) is 5.41 Å². The van der Waals surface area contributed by atoms with Crippen LogP contribution in [0.2, 0.25) is 0 Å². The standard InChI is InChI=1S/C21H28N4O4S/c1-13-5-6-16(30(28,29)25-8-7-21(3,4)27)11-17(13)15-10-18(20(23)24-12-15)19(26)9-14(2)22/h5-6,9-12,22,25-27H,7-8H2,1-4H3,(H2,23,24)/b19-9-,22-14?. The molecule has 0 aliphatic carbocycles. The SMILES string of the molecule is CC(=N)/C=C(\O)c1cc(-c2cc(S(=O)(=O)NCCC(C)(C)O)ccc2C)cnc1N. The van der Waals surface area contributed by atoms with Gasteiger partial charge in [0.25, 0.3) is 0 Å². The second-order valence-electron chi connectivity index (χ2n) is 7.81. The first-order chi connectivity index (χ1) is 13.8. The van der Waals surface area contributed by atoms with Gasteiger partial charge in [-0.2, -0.15) is 0 Å². The molecule has 0 saturated carbocycles. The number of aromatic nitrogens is 1. The quantitative estimate of drug-likeness (QED) is 0.320. The number of nitrogens with two attached hydrogens (primary N) is 1. The average molecular weight is 433 g/mol. The van der Waals surface area contributed by atoms with E-state index in [1.807, 2.05) is 6.92 Å². The third kappa shape index (κ3) is 6.12. The van der Waals surface area contributed by atoms with Crippen molar-refractivity contribution in [1.82, 2.24) is 9.71 Å². The maximum absolute atomic E-state index is 12.7. The molecule has 8 nitrogen and oxygen atoms in total. The summed E-state index contributed by atoms with van der Waals surface area (Å²) in [5.41, 5.74) is 7.31. The molecular formula is C21H28N4O4S. The van der Waals surface area contributed by atoms with Crippen LogP contribution >= 0.6 is 0 Å². The number of aryl methyl sites for hydroxylation is 1. The number of benzene rings is 1. The summed E-state index contributed by atoms with van der Waals surface area (Å²) in [6.07, 6.45) is 3.04. The van der Waals surface area contributed by atoms with Crippen LogP contribution in [-0.2, 0) is 10.0 Å². The second-order valence-corrected chi connectivity index (χ2v) is 9.57. The smallest absolute Gasteiger partial charge is 0.240 e. The molecule has 0 aliphatic heterocycles. The molecule has 0 radical (unpaired) electrons. The Balaban J connectivity index is 2.44. The van der Waals surface area contributed by atoms with Crippen LogP contribution in [0, 0.1) is 12.3 Å². The van der Waals surface area contributed by atoms with Gasteiger partial charge in [-0.1, -0.05) is 6.07 Å². The molecule has 0 aliphatic rings. The van der Waals surface area contributed by atoms with E-state index < -0.39 is 15.6 Å². The molecule has 1 heterocycles. The Bertz CT molecular complexity index is 1090. The Kier molecular flexibility index (Phi) is 7.02. The van der Waals surface area contributed by atoms with Crippen molar-refractivity contribution in [3.63, 3.8) is 0 Å². The molecule has 0 atom stereocenters. The number of nitrogens with zero attached hydrogens (tertiary/aromatic N) is 1. The average Bonchev–Trinajstić information content (AvgIpc) is 2.60. The first-order valence-corrected chi connectivity index (χ1v) is 10.8. The van der Waals surface area contributed by atoms with Crippen molar-refractivity contribution in [2.75, 3.05) is 12.3 Å².